The fourth-order valence-electron chi connectivity index (χ4n) is 3.79. The van der Waals surface area contributed by atoms with Crippen LogP contribution in [-0.2, 0) is 9.53 Å². The average Bonchev–Trinajstić information content (AvgIpc) is 2.92. The monoisotopic (exact) mass is 445 g/mol. The Kier molecular flexibility index (Phi) is 6.73. The van der Waals surface area contributed by atoms with Gasteiger partial charge in [-0.25, -0.2) is 4.99 Å². The number of piperazine rings is 1. The first kappa shape index (κ1) is 21.6. The van der Waals surface area contributed by atoms with E-state index in [2.05, 4.69) is 9.80 Å². The van der Waals surface area contributed by atoms with Crippen molar-refractivity contribution >= 4 is 29.1 Å². The van der Waals surface area contributed by atoms with Crippen LogP contribution in [0.5, 0.6) is 11.5 Å². The van der Waals surface area contributed by atoms with E-state index in [0.717, 1.165) is 30.2 Å². The minimum absolute atomic E-state index is 0.0375. The lowest BCUT2D eigenvalue weighted by Crippen LogP contribution is -2.54. The lowest BCUT2D eigenvalue weighted by atomic mass is 10.1. The third-order valence-electron chi connectivity index (χ3n) is 5.52. The van der Waals surface area contributed by atoms with Gasteiger partial charge in [0.25, 0.3) is 0 Å². The molecule has 2 aromatic carbocycles. The number of likely N-dealkylation sites (N-methyl/N-ethyl adjacent to an activating group) is 1. The summed E-state index contributed by atoms with van der Waals surface area (Å²) in [7, 11) is 2.00. The molecule has 0 radical (unpaired) electrons. The number of carbonyl (C=O) groups excluding carboxylic acids is 1. The van der Waals surface area contributed by atoms with E-state index in [1.165, 1.54) is 0 Å². The Balaban J connectivity index is 1.60. The number of fused-ring (bicyclic) bond motifs is 2. The largest absolute Gasteiger partial charge is 0.466 e. The second-order valence-corrected chi connectivity index (χ2v) is 8.13. The average molecular weight is 446 g/mol. The fourth-order valence-corrected chi connectivity index (χ4v) is 3.96. The standard InChI is InChI=1S/C23H25ClFN3O3/c1-27-10-11-28(15-17(27)14-22(29)30-12-4-9-25)23-18-5-2-3-6-20(18)31-21-8-7-16(24)13-19(21)26-23/h2-3,5-8,13,17H,4,9-12,14-15H2,1H3/t17-/m0/s1. The van der Waals surface area contributed by atoms with E-state index in [1.54, 1.807) is 12.1 Å². The molecule has 2 aliphatic heterocycles. The summed E-state index contributed by atoms with van der Waals surface area (Å²) in [4.78, 5) is 21.5. The second-order valence-electron chi connectivity index (χ2n) is 7.69. The van der Waals surface area contributed by atoms with Crippen LogP contribution < -0.4 is 4.74 Å². The SMILES string of the molecule is CN1CCN(C2=Nc3cc(Cl)ccc3Oc3ccccc32)C[C@@H]1CC(=O)OCCCF. The van der Waals surface area contributed by atoms with E-state index < -0.39 is 6.67 Å². The number of rotatable bonds is 5. The van der Waals surface area contributed by atoms with Crippen LogP contribution in [0.3, 0.4) is 0 Å². The molecule has 1 fully saturated rings. The zero-order chi connectivity index (χ0) is 21.8. The molecule has 0 saturated carbocycles. The van der Waals surface area contributed by atoms with Crippen molar-refractivity contribution < 1.29 is 18.7 Å². The van der Waals surface area contributed by atoms with Crippen molar-refractivity contribution in [1.29, 1.82) is 0 Å². The molecular formula is C23H25ClFN3O3. The molecule has 1 saturated heterocycles. The quantitative estimate of drug-likeness (QED) is 0.503. The molecule has 2 heterocycles. The Bertz CT molecular complexity index is 984. The van der Waals surface area contributed by atoms with Gasteiger partial charge in [0, 0.05) is 37.1 Å². The third kappa shape index (κ3) is 4.99. The summed E-state index contributed by atoms with van der Waals surface area (Å²) in [5.41, 5.74) is 1.56. The van der Waals surface area contributed by atoms with Gasteiger partial charge in [-0.2, -0.15) is 0 Å². The summed E-state index contributed by atoms with van der Waals surface area (Å²) in [5.74, 6) is 1.86. The molecule has 0 bridgehead atoms. The smallest absolute Gasteiger partial charge is 0.307 e. The number of aliphatic imine (C=N–C) groups is 1. The Morgan fingerprint density at radius 1 is 1.26 bits per heavy atom. The van der Waals surface area contributed by atoms with Crippen molar-refractivity contribution in [1.82, 2.24) is 9.80 Å². The number of hydrogen-bond donors (Lipinski definition) is 0. The predicted octanol–water partition coefficient (Wildman–Crippen LogP) is 4.43. The summed E-state index contributed by atoms with van der Waals surface area (Å²) in [6.45, 7) is 1.76. The lowest BCUT2D eigenvalue weighted by molar-refractivity contribution is -0.145. The topological polar surface area (TPSA) is 54.4 Å². The minimum atomic E-state index is -0.489. The number of carbonyl (C=O) groups is 1. The molecule has 31 heavy (non-hydrogen) atoms. The third-order valence-corrected chi connectivity index (χ3v) is 5.75. The van der Waals surface area contributed by atoms with Crippen molar-refractivity contribution in [3.05, 3.63) is 53.1 Å². The van der Waals surface area contributed by atoms with Crippen molar-refractivity contribution in [2.45, 2.75) is 18.9 Å². The number of halogens is 2. The van der Waals surface area contributed by atoms with Crippen molar-refractivity contribution in [2.75, 3.05) is 40.0 Å². The van der Waals surface area contributed by atoms with E-state index in [4.69, 9.17) is 26.1 Å². The molecule has 0 aliphatic carbocycles. The van der Waals surface area contributed by atoms with Gasteiger partial charge in [-0.1, -0.05) is 23.7 Å². The van der Waals surface area contributed by atoms with Crippen LogP contribution in [0.25, 0.3) is 0 Å². The van der Waals surface area contributed by atoms with Crippen LogP contribution in [-0.4, -0.2) is 67.6 Å². The highest BCUT2D eigenvalue weighted by atomic mass is 35.5. The Morgan fingerprint density at radius 3 is 2.94 bits per heavy atom. The van der Waals surface area contributed by atoms with Crippen molar-refractivity contribution in [2.24, 2.45) is 4.99 Å². The van der Waals surface area contributed by atoms with Gasteiger partial charge < -0.3 is 14.4 Å². The molecule has 0 aromatic heterocycles. The highest BCUT2D eigenvalue weighted by Crippen LogP contribution is 2.39. The first-order chi connectivity index (χ1) is 15.0. The van der Waals surface area contributed by atoms with Gasteiger partial charge in [0.15, 0.2) is 5.75 Å². The van der Waals surface area contributed by atoms with Crippen LogP contribution in [0.15, 0.2) is 47.5 Å². The number of esters is 1. The van der Waals surface area contributed by atoms with Crippen LogP contribution in [0.4, 0.5) is 10.1 Å². The van der Waals surface area contributed by atoms with E-state index in [0.29, 0.717) is 23.0 Å². The molecule has 1 atom stereocenters. The molecule has 2 aromatic rings. The number of para-hydroxylation sites is 1. The highest BCUT2D eigenvalue weighted by molar-refractivity contribution is 6.31. The summed E-state index contributed by atoms with van der Waals surface area (Å²) in [6, 6.07) is 13.1. The van der Waals surface area contributed by atoms with Crippen LogP contribution in [0.2, 0.25) is 5.02 Å². The van der Waals surface area contributed by atoms with Gasteiger partial charge >= 0.3 is 5.97 Å². The first-order valence-corrected chi connectivity index (χ1v) is 10.7. The first-order valence-electron chi connectivity index (χ1n) is 10.4. The van der Waals surface area contributed by atoms with Crippen LogP contribution >= 0.6 is 11.6 Å². The van der Waals surface area contributed by atoms with Gasteiger partial charge in [-0.05, 0) is 37.4 Å². The molecule has 0 spiro atoms. The summed E-state index contributed by atoms with van der Waals surface area (Å²) in [6.07, 6.45) is 0.473. The van der Waals surface area contributed by atoms with Crippen molar-refractivity contribution in [3.63, 3.8) is 0 Å². The number of nitrogens with zero attached hydrogens (tertiary/aromatic N) is 3. The molecule has 2 aliphatic rings. The molecule has 6 nitrogen and oxygen atoms in total. The van der Waals surface area contributed by atoms with E-state index in [-0.39, 0.29) is 31.5 Å². The van der Waals surface area contributed by atoms with E-state index in [1.807, 2.05) is 37.4 Å². The van der Waals surface area contributed by atoms with Gasteiger partial charge in [0.1, 0.15) is 17.3 Å². The van der Waals surface area contributed by atoms with E-state index >= 15 is 0 Å². The number of alkyl halides is 1. The maximum atomic E-state index is 12.3. The maximum Gasteiger partial charge on any atom is 0.307 e. The molecule has 164 valence electrons. The molecule has 0 unspecified atom stereocenters. The Morgan fingerprint density at radius 2 is 2.10 bits per heavy atom. The summed E-state index contributed by atoms with van der Waals surface area (Å²) in [5, 5.41) is 0.587. The number of hydrogen-bond acceptors (Lipinski definition) is 6. The second kappa shape index (κ2) is 9.66. The van der Waals surface area contributed by atoms with E-state index in [9.17, 15) is 9.18 Å². The maximum absolute atomic E-state index is 12.3. The predicted molar refractivity (Wildman–Crippen MR) is 118 cm³/mol. The normalized spacial score (nSPS) is 18.4. The number of benzene rings is 2. The highest BCUT2D eigenvalue weighted by Gasteiger charge is 2.31. The van der Waals surface area contributed by atoms with Gasteiger partial charge in [-0.15, -0.1) is 0 Å². The fraction of sp³-hybridized carbons (Fsp3) is 0.391. The van der Waals surface area contributed by atoms with Gasteiger partial charge in [0.2, 0.25) is 0 Å². The van der Waals surface area contributed by atoms with Gasteiger partial charge in [0.05, 0.1) is 25.3 Å². The Labute approximate surface area is 186 Å². The Hall–Kier alpha value is -2.64. The molecule has 0 amide bonds. The number of amidine groups is 1. The summed E-state index contributed by atoms with van der Waals surface area (Å²) >= 11 is 6.21. The zero-order valence-corrected chi connectivity index (χ0v) is 18.1. The number of ether oxygens (including phenoxy) is 2. The molecule has 0 N–H and O–H groups in total. The van der Waals surface area contributed by atoms with Crippen molar-refractivity contribution in [3.8, 4) is 11.5 Å². The van der Waals surface area contributed by atoms with Crippen LogP contribution in [0, 0.1) is 0 Å². The summed E-state index contributed by atoms with van der Waals surface area (Å²) < 4.78 is 23.6. The van der Waals surface area contributed by atoms with Gasteiger partial charge in [-0.3, -0.25) is 14.1 Å². The lowest BCUT2D eigenvalue weighted by Gasteiger charge is -2.40. The zero-order valence-electron chi connectivity index (χ0n) is 17.4. The minimum Gasteiger partial charge on any atom is -0.466 e. The molecule has 8 heteroatoms. The molecular weight excluding hydrogens is 421 g/mol. The molecule has 4 rings (SSSR count). The van der Waals surface area contributed by atoms with Crippen LogP contribution in [0.1, 0.15) is 18.4 Å².